The number of nitrogens with one attached hydrogen (secondary N) is 1. The molecule has 1 N–H and O–H groups in total. The average molecular weight is 332 g/mol. The predicted molar refractivity (Wildman–Crippen MR) is 85.7 cm³/mol. The number of ether oxygens (including phenoxy) is 1. The molecule has 1 aromatic heterocycles. The number of carbonyl (C=O) groups is 1. The van der Waals surface area contributed by atoms with E-state index in [2.05, 4.69) is 20.1 Å². The van der Waals surface area contributed by atoms with Gasteiger partial charge in [0.25, 0.3) is 0 Å². The van der Waals surface area contributed by atoms with Gasteiger partial charge in [-0.15, -0.1) is 10.2 Å². The number of hydrogen-bond donors (Lipinski definition) is 1. The SMILES string of the molecule is COC(=O)[C@@H](N[C@@H](C)c1nnc2n1CCCC2)c1ccccc1F. The van der Waals surface area contributed by atoms with E-state index < -0.39 is 17.8 Å². The Kier molecular flexibility index (Phi) is 4.89. The number of esters is 1. The normalized spacial score (nSPS) is 16.3. The second kappa shape index (κ2) is 7.09. The van der Waals surface area contributed by atoms with Crippen LogP contribution in [0.25, 0.3) is 0 Å². The van der Waals surface area contributed by atoms with E-state index in [9.17, 15) is 9.18 Å². The van der Waals surface area contributed by atoms with Crippen LogP contribution in [0.1, 0.15) is 49.1 Å². The van der Waals surface area contributed by atoms with Crippen LogP contribution in [-0.2, 0) is 22.5 Å². The fraction of sp³-hybridized carbons (Fsp3) is 0.471. The first-order chi connectivity index (χ1) is 11.6. The Hall–Kier alpha value is -2.28. The Morgan fingerprint density at radius 1 is 1.33 bits per heavy atom. The number of benzene rings is 1. The molecule has 2 heterocycles. The van der Waals surface area contributed by atoms with Crippen molar-refractivity contribution in [2.75, 3.05) is 7.11 Å². The standard InChI is InChI=1S/C17H21FN4O2/c1-11(16-21-20-14-9-5-6-10-22(14)16)19-15(17(23)24-2)12-7-3-4-8-13(12)18/h3-4,7-8,11,15,19H,5-6,9-10H2,1-2H3/t11-,15-/m0/s1. The zero-order valence-electron chi connectivity index (χ0n) is 13.8. The molecular weight excluding hydrogens is 311 g/mol. The Morgan fingerprint density at radius 2 is 2.12 bits per heavy atom. The zero-order valence-corrected chi connectivity index (χ0v) is 13.8. The summed E-state index contributed by atoms with van der Waals surface area (Å²) < 4.78 is 21.0. The Balaban J connectivity index is 1.86. The second-order valence-corrected chi connectivity index (χ2v) is 5.95. The summed E-state index contributed by atoms with van der Waals surface area (Å²) in [6.45, 7) is 2.76. The molecule has 1 aliphatic heterocycles. The summed E-state index contributed by atoms with van der Waals surface area (Å²) in [5.74, 6) is 0.738. The fourth-order valence-corrected chi connectivity index (χ4v) is 3.09. The first-order valence-corrected chi connectivity index (χ1v) is 8.12. The fourth-order valence-electron chi connectivity index (χ4n) is 3.09. The number of rotatable bonds is 5. The highest BCUT2D eigenvalue weighted by Gasteiger charge is 2.28. The maximum absolute atomic E-state index is 14.1. The van der Waals surface area contributed by atoms with E-state index in [1.165, 1.54) is 13.2 Å². The summed E-state index contributed by atoms with van der Waals surface area (Å²) in [4.78, 5) is 12.2. The highest BCUT2D eigenvalue weighted by molar-refractivity contribution is 5.77. The van der Waals surface area contributed by atoms with Crippen molar-refractivity contribution in [1.82, 2.24) is 20.1 Å². The molecule has 0 saturated heterocycles. The van der Waals surface area contributed by atoms with Gasteiger partial charge in [-0.3, -0.25) is 5.32 Å². The van der Waals surface area contributed by atoms with Gasteiger partial charge in [-0.2, -0.15) is 0 Å². The molecule has 1 aromatic carbocycles. The van der Waals surface area contributed by atoms with Crippen molar-refractivity contribution >= 4 is 5.97 Å². The number of fused-ring (bicyclic) bond motifs is 1. The molecule has 0 bridgehead atoms. The van der Waals surface area contributed by atoms with Gasteiger partial charge in [0.1, 0.15) is 23.5 Å². The van der Waals surface area contributed by atoms with Crippen LogP contribution in [0.4, 0.5) is 4.39 Å². The van der Waals surface area contributed by atoms with Crippen LogP contribution in [0, 0.1) is 5.82 Å². The van der Waals surface area contributed by atoms with E-state index in [0.29, 0.717) is 0 Å². The molecule has 128 valence electrons. The molecule has 2 aromatic rings. The first kappa shape index (κ1) is 16.6. The number of halogens is 1. The molecule has 24 heavy (non-hydrogen) atoms. The summed E-state index contributed by atoms with van der Waals surface area (Å²) >= 11 is 0. The lowest BCUT2D eigenvalue weighted by atomic mass is 10.0. The predicted octanol–water partition coefficient (Wildman–Crippen LogP) is 2.32. The Labute approximate surface area is 140 Å². The van der Waals surface area contributed by atoms with Crippen LogP contribution in [0.3, 0.4) is 0 Å². The average Bonchev–Trinajstić information content (AvgIpc) is 3.04. The van der Waals surface area contributed by atoms with Gasteiger partial charge in [0, 0.05) is 18.5 Å². The van der Waals surface area contributed by atoms with Crippen molar-refractivity contribution in [3.8, 4) is 0 Å². The van der Waals surface area contributed by atoms with Gasteiger partial charge in [-0.25, -0.2) is 9.18 Å². The minimum Gasteiger partial charge on any atom is -0.468 e. The molecule has 1 aliphatic rings. The van der Waals surface area contributed by atoms with Gasteiger partial charge in [-0.1, -0.05) is 18.2 Å². The molecule has 7 heteroatoms. The number of nitrogens with zero attached hydrogens (tertiary/aromatic N) is 3. The van der Waals surface area contributed by atoms with E-state index in [0.717, 1.165) is 37.5 Å². The van der Waals surface area contributed by atoms with E-state index >= 15 is 0 Å². The van der Waals surface area contributed by atoms with Crippen LogP contribution in [0.2, 0.25) is 0 Å². The molecular formula is C17H21FN4O2. The molecule has 3 rings (SSSR count). The van der Waals surface area contributed by atoms with Crippen LogP contribution in [0.15, 0.2) is 24.3 Å². The van der Waals surface area contributed by atoms with E-state index in [-0.39, 0.29) is 11.6 Å². The molecule has 0 spiro atoms. The molecule has 0 unspecified atom stereocenters. The minimum absolute atomic E-state index is 0.259. The van der Waals surface area contributed by atoms with E-state index in [1.807, 2.05) is 6.92 Å². The molecule has 0 fully saturated rings. The smallest absolute Gasteiger partial charge is 0.327 e. The lowest BCUT2D eigenvalue weighted by molar-refractivity contribution is -0.143. The van der Waals surface area contributed by atoms with Gasteiger partial charge in [-0.05, 0) is 25.8 Å². The van der Waals surface area contributed by atoms with Crippen LogP contribution < -0.4 is 5.32 Å². The van der Waals surface area contributed by atoms with E-state index in [4.69, 9.17) is 4.74 Å². The van der Waals surface area contributed by atoms with Crippen LogP contribution in [0.5, 0.6) is 0 Å². The van der Waals surface area contributed by atoms with Gasteiger partial charge in [0.05, 0.1) is 13.2 Å². The summed E-state index contributed by atoms with van der Waals surface area (Å²) in [5.41, 5.74) is 0.259. The van der Waals surface area contributed by atoms with Crippen molar-refractivity contribution in [2.24, 2.45) is 0 Å². The quantitative estimate of drug-likeness (QED) is 0.851. The van der Waals surface area contributed by atoms with Crippen molar-refractivity contribution in [3.63, 3.8) is 0 Å². The van der Waals surface area contributed by atoms with Crippen molar-refractivity contribution < 1.29 is 13.9 Å². The van der Waals surface area contributed by atoms with Gasteiger partial charge >= 0.3 is 5.97 Å². The highest BCUT2D eigenvalue weighted by atomic mass is 19.1. The summed E-state index contributed by atoms with van der Waals surface area (Å²) in [5, 5.41) is 11.6. The molecule has 0 aliphatic carbocycles. The monoisotopic (exact) mass is 332 g/mol. The van der Waals surface area contributed by atoms with Crippen molar-refractivity contribution in [3.05, 3.63) is 47.3 Å². The lowest BCUT2D eigenvalue weighted by Gasteiger charge is -2.23. The van der Waals surface area contributed by atoms with Gasteiger partial charge < -0.3 is 9.30 Å². The lowest BCUT2D eigenvalue weighted by Crippen LogP contribution is -2.34. The van der Waals surface area contributed by atoms with Crippen LogP contribution >= 0.6 is 0 Å². The van der Waals surface area contributed by atoms with Crippen molar-refractivity contribution in [1.29, 1.82) is 0 Å². The van der Waals surface area contributed by atoms with Gasteiger partial charge in [0.15, 0.2) is 0 Å². The number of aromatic nitrogens is 3. The molecule has 2 atom stereocenters. The maximum Gasteiger partial charge on any atom is 0.327 e. The van der Waals surface area contributed by atoms with Crippen molar-refractivity contribution in [2.45, 2.75) is 44.8 Å². The maximum atomic E-state index is 14.1. The van der Waals surface area contributed by atoms with Gasteiger partial charge in [0.2, 0.25) is 0 Å². The minimum atomic E-state index is -0.900. The summed E-state index contributed by atoms with van der Waals surface area (Å²) in [7, 11) is 1.29. The highest BCUT2D eigenvalue weighted by Crippen LogP contribution is 2.24. The molecule has 0 amide bonds. The third-order valence-corrected chi connectivity index (χ3v) is 4.35. The third-order valence-electron chi connectivity index (χ3n) is 4.35. The topological polar surface area (TPSA) is 69.0 Å². The number of aryl methyl sites for hydroxylation is 1. The Bertz CT molecular complexity index is 731. The van der Waals surface area contributed by atoms with E-state index in [1.54, 1.807) is 18.2 Å². The molecule has 0 saturated carbocycles. The largest absolute Gasteiger partial charge is 0.468 e. The first-order valence-electron chi connectivity index (χ1n) is 8.12. The van der Waals surface area contributed by atoms with Crippen LogP contribution in [-0.4, -0.2) is 27.8 Å². The number of carbonyl (C=O) groups excluding carboxylic acids is 1. The second-order valence-electron chi connectivity index (χ2n) is 5.95. The molecule has 0 radical (unpaired) electrons. The summed E-state index contributed by atoms with van der Waals surface area (Å²) in [6, 6.07) is 5.02. The third kappa shape index (κ3) is 3.17. The summed E-state index contributed by atoms with van der Waals surface area (Å²) in [6.07, 6.45) is 3.10. The number of methoxy groups -OCH3 is 1. The number of hydrogen-bond acceptors (Lipinski definition) is 5. The Morgan fingerprint density at radius 3 is 2.88 bits per heavy atom. The molecule has 6 nitrogen and oxygen atoms in total. The zero-order chi connectivity index (χ0) is 17.1.